The Morgan fingerprint density at radius 2 is 0.900 bits per heavy atom. The van der Waals surface area contributed by atoms with Gasteiger partial charge in [-0.1, -0.05) is 35.5 Å². The first-order chi connectivity index (χ1) is 14.7. The summed E-state index contributed by atoms with van der Waals surface area (Å²) in [5, 5.41) is 0. The van der Waals surface area contributed by atoms with Gasteiger partial charge in [-0.2, -0.15) is 0 Å². The van der Waals surface area contributed by atoms with Crippen LogP contribution in [0.1, 0.15) is 56.7 Å². The molecule has 156 valence electrons. The lowest BCUT2D eigenvalue weighted by Crippen LogP contribution is -1.95. The second-order valence-electron chi connectivity index (χ2n) is 8.12. The Hall–Kier alpha value is -2.22. The molecule has 4 rings (SSSR count). The lowest BCUT2D eigenvalue weighted by atomic mass is 10.1. The minimum Gasteiger partial charge on any atom is -0.377 e. The quantitative estimate of drug-likeness (QED) is 0.673. The van der Waals surface area contributed by atoms with E-state index in [0.29, 0.717) is 36.1 Å². The molecule has 0 N–H and O–H groups in total. The second-order valence-corrected chi connectivity index (χ2v) is 8.12. The van der Waals surface area contributed by atoms with Crippen LogP contribution in [0.3, 0.4) is 0 Å². The van der Waals surface area contributed by atoms with Crippen LogP contribution < -0.4 is 0 Å². The average Bonchev–Trinajstić information content (AvgIpc) is 3.63. The fourth-order valence-electron chi connectivity index (χ4n) is 3.54. The van der Waals surface area contributed by atoms with E-state index in [2.05, 4.69) is 53.7 Å². The van der Waals surface area contributed by atoms with E-state index in [-0.39, 0.29) is 0 Å². The normalized spacial score (nSPS) is 30.1. The van der Waals surface area contributed by atoms with Crippen molar-refractivity contribution in [3.63, 3.8) is 0 Å². The zero-order chi connectivity index (χ0) is 20.9. The van der Waals surface area contributed by atoms with Crippen molar-refractivity contribution < 1.29 is 14.2 Å². The fourth-order valence-corrected chi connectivity index (χ4v) is 3.54. The largest absolute Gasteiger partial charge is 0.377 e. The monoisotopic (exact) mass is 402 g/mol. The van der Waals surface area contributed by atoms with Crippen LogP contribution in [0.2, 0.25) is 0 Å². The third-order valence-electron chi connectivity index (χ3n) is 5.48. The van der Waals surface area contributed by atoms with E-state index in [1.807, 2.05) is 20.8 Å². The molecule has 3 aliphatic rings. The van der Waals surface area contributed by atoms with E-state index in [9.17, 15) is 0 Å². The van der Waals surface area contributed by atoms with E-state index in [4.69, 9.17) is 14.2 Å². The van der Waals surface area contributed by atoms with Crippen LogP contribution >= 0.6 is 0 Å². The van der Waals surface area contributed by atoms with Gasteiger partial charge in [0.05, 0.1) is 18.3 Å². The van der Waals surface area contributed by atoms with Crippen LogP contribution in [-0.4, -0.2) is 38.1 Å². The lowest BCUT2D eigenvalue weighted by molar-refractivity contribution is 0.126. The maximum atomic E-state index is 5.63. The highest BCUT2D eigenvalue weighted by Gasteiger charge is 2.37. The van der Waals surface area contributed by atoms with Crippen molar-refractivity contribution in [3.05, 3.63) is 34.9 Å². The van der Waals surface area contributed by atoms with Gasteiger partial charge in [0, 0.05) is 54.3 Å². The molecule has 3 saturated carbocycles. The van der Waals surface area contributed by atoms with Gasteiger partial charge >= 0.3 is 0 Å². The third kappa shape index (κ3) is 5.90. The molecule has 0 bridgehead atoms. The molecule has 6 atom stereocenters. The van der Waals surface area contributed by atoms with Gasteiger partial charge < -0.3 is 14.2 Å². The summed E-state index contributed by atoms with van der Waals surface area (Å²) < 4.78 is 16.9. The van der Waals surface area contributed by atoms with E-state index in [1.54, 1.807) is 0 Å². The molecule has 0 radical (unpaired) electrons. The average molecular weight is 403 g/mol. The van der Waals surface area contributed by atoms with Crippen LogP contribution in [0.4, 0.5) is 0 Å². The summed E-state index contributed by atoms with van der Waals surface area (Å²) in [6, 6.07) is 6.21. The molecule has 3 heteroatoms. The van der Waals surface area contributed by atoms with Crippen LogP contribution in [0.5, 0.6) is 0 Å². The van der Waals surface area contributed by atoms with Crippen molar-refractivity contribution >= 4 is 0 Å². The summed E-state index contributed by atoms with van der Waals surface area (Å²) in [7, 11) is 0. The van der Waals surface area contributed by atoms with Gasteiger partial charge in [-0.05, 0) is 58.2 Å². The maximum absolute atomic E-state index is 5.63. The van der Waals surface area contributed by atoms with Gasteiger partial charge in [0.2, 0.25) is 0 Å². The Bertz CT molecular complexity index is 809. The lowest BCUT2D eigenvalue weighted by Gasteiger charge is -1.98. The number of benzene rings is 1. The Labute approximate surface area is 180 Å². The molecule has 3 fully saturated rings. The van der Waals surface area contributed by atoms with Crippen molar-refractivity contribution in [1.29, 1.82) is 0 Å². The Balaban J connectivity index is 1.49. The molecular weight excluding hydrogens is 372 g/mol. The number of ether oxygens (including phenoxy) is 3. The van der Waals surface area contributed by atoms with Crippen molar-refractivity contribution in [2.75, 3.05) is 19.8 Å². The third-order valence-corrected chi connectivity index (χ3v) is 5.48. The molecule has 3 aliphatic carbocycles. The zero-order valence-electron chi connectivity index (χ0n) is 18.2. The highest BCUT2D eigenvalue weighted by atomic mass is 16.5. The predicted octanol–water partition coefficient (Wildman–Crippen LogP) is 4.02. The van der Waals surface area contributed by atoms with Gasteiger partial charge in [-0.25, -0.2) is 0 Å². The van der Waals surface area contributed by atoms with Crippen molar-refractivity contribution in [1.82, 2.24) is 0 Å². The molecule has 1 aromatic rings. The number of hydrogen-bond donors (Lipinski definition) is 0. The van der Waals surface area contributed by atoms with Crippen molar-refractivity contribution in [2.24, 2.45) is 17.8 Å². The van der Waals surface area contributed by atoms with Crippen LogP contribution in [0, 0.1) is 53.3 Å². The standard InChI is InChI=1S/C27H30O3/c1-4-28-25-16-22(25)10-7-19-13-20(8-11-23-17-26(23)29-5-2)15-21(14-19)9-12-24-18-27(24)30-6-3/h13-15,22-27H,4-6,16-18H2,1-3H3/t22-,23-,24+,25-,26-,27+/m0/s1. The van der Waals surface area contributed by atoms with E-state index >= 15 is 0 Å². The van der Waals surface area contributed by atoms with Gasteiger partial charge in [-0.3, -0.25) is 0 Å². The summed E-state index contributed by atoms with van der Waals surface area (Å²) in [4.78, 5) is 0. The van der Waals surface area contributed by atoms with Crippen molar-refractivity contribution in [2.45, 2.75) is 58.3 Å². The van der Waals surface area contributed by atoms with E-state index in [1.165, 1.54) is 0 Å². The molecule has 0 aromatic heterocycles. The minimum atomic E-state index is 0.306. The molecule has 0 aliphatic heterocycles. The van der Waals surface area contributed by atoms with Gasteiger partial charge in [0.25, 0.3) is 0 Å². The summed E-state index contributed by atoms with van der Waals surface area (Å²) in [6.07, 6.45) is 4.03. The topological polar surface area (TPSA) is 27.7 Å². The highest BCUT2D eigenvalue weighted by molar-refractivity contribution is 5.52. The predicted molar refractivity (Wildman–Crippen MR) is 118 cm³/mol. The Morgan fingerprint density at radius 1 is 0.600 bits per heavy atom. The molecule has 1 aromatic carbocycles. The number of rotatable bonds is 6. The second kappa shape index (κ2) is 9.73. The maximum Gasteiger partial charge on any atom is 0.0726 e. The van der Waals surface area contributed by atoms with Crippen LogP contribution in [0.25, 0.3) is 0 Å². The molecule has 0 unspecified atom stereocenters. The molecule has 0 spiro atoms. The van der Waals surface area contributed by atoms with Gasteiger partial charge in [0.1, 0.15) is 0 Å². The highest BCUT2D eigenvalue weighted by Crippen LogP contribution is 2.34. The summed E-state index contributed by atoms with van der Waals surface area (Å²) in [5.41, 5.74) is 2.92. The minimum absolute atomic E-state index is 0.306. The molecule has 30 heavy (non-hydrogen) atoms. The van der Waals surface area contributed by atoms with Crippen molar-refractivity contribution in [3.8, 4) is 35.5 Å². The van der Waals surface area contributed by atoms with E-state index in [0.717, 1.165) is 55.8 Å². The summed E-state index contributed by atoms with van der Waals surface area (Å²) in [5.74, 6) is 21.1. The SMILES string of the molecule is CCO[C@H]1C[C@@H]1C#Cc1cc(C#C[C@@H]2C[C@H]2OCC)cc(C#C[C@H]2C[C@@H]2OCC)c1. The van der Waals surface area contributed by atoms with Crippen LogP contribution in [-0.2, 0) is 14.2 Å². The number of hydrogen-bond acceptors (Lipinski definition) is 3. The smallest absolute Gasteiger partial charge is 0.0726 e. The molecular formula is C27H30O3. The fraction of sp³-hybridized carbons (Fsp3) is 0.556. The first kappa shape index (κ1) is 21.0. The first-order valence-corrected chi connectivity index (χ1v) is 11.2. The molecule has 3 nitrogen and oxygen atoms in total. The van der Waals surface area contributed by atoms with Crippen LogP contribution in [0.15, 0.2) is 18.2 Å². The first-order valence-electron chi connectivity index (χ1n) is 11.2. The molecule has 0 heterocycles. The zero-order valence-corrected chi connectivity index (χ0v) is 18.2. The molecule has 0 amide bonds. The Morgan fingerprint density at radius 3 is 1.17 bits per heavy atom. The molecule has 0 saturated heterocycles. The summed E-state index contributed by atoms with van der Waals surface area (Å²) >= 11 is 0. The summed E-state index contributed by atoms with van der Waals surface area (Å²) in [6.45, 7) is 8.34. The van der Waals surface area contributed by atoms with Gasteiger partial charge in [-0.15, -0.1) is 0 Å². The van der Waals surface area contributed by atoms with E-state index < -0.39 is 0 Å². The van der Waals surface area contributed by atoms with Gasteiger partial charge in [0.15, 0.2) is 0 Å². The Kier molecular flexibility index (Phi) is 6.82.